The number of hydrogen-bond acceptors (Lipinski definition) is 2. The molecule has 0 aliphatic carbocycles. The molecule has 5 heteroatoms. The maximum atomic E-state index is 14.1. The van der Waals surface area contributed by atoms with Crippen molar-refractivity contribution < 1.29 is 13.9 Å². The van der Waals surface area contributed by atoms with Gasteiger partial charge in [-0.15, -0.1) is 0 Å². The van der Waals surface area contributed by atoms with Crippen LogP contribution < -0.4 is 5.73 Å². The van der Waals surface area contributed by atoms with Gasteiger partial charge in [-0.3, -0.25) is 0 Å². The van der Waals surface area contributed by atoms with E-state index in [-0.39, 0.29) is 17.1 Å². The predicted octanol–water partition coefficient (Wildman–Crippen LogP) is 3.70. The summed E-state index contributed by atoms with van der Waals surface area (Å²) in [4.78, 5) is 0. The Balaban J connectivity index is 2.40. The fourth-order valence-electron chi connectivity index (χ4n) is 2.26. The second-order valence-corrected chi connectivity index (χ2v) is 5.35. The average Bonchev–Trinajstić information content (AvgIpc) is 2.47. The van der Waals surface area contributed by atoms with Crippen molar-refractivity contribution >= 4 is 11.6 Å². The molecule has 3 N–H and O–H groups in total. The van der Waals surface area contributed by atoms with E-state index < -0.39 is 23.7 Å². The first-order chi connectivity index (χ1) is 9.95. The molecular formula is C16H16ClF2NO. The molecule has 0 saturated heterocycles. The number of benzene rings is 2. The molecule has 0 aliphatic rings. The van der Waals surface area contributed by atoms with Crippen LogP contribution in [0.2, 0.25) is 5.02 Å². The highest BCUT2D eigenvalue weighted by Crippen LogP contribution is 2.34. The Kier molecular flexibility index (Phi) is 4.93. The van der Waals surface area contributed by atoms with Gasteiger partial charge in [-0.05, 0) is 35.7 Å². The zero-order chi connectivity index (χ0) is 15.6. The lowest BCUT2D eigenvalue weighted by molar-refractivity contribution is 0.145. The van der Waals surface area contributed by atoms with Crippen LogP contribution in [0.1, 0.15) is 28.7 Å². The molecule has 0 radical (unpaired) electrons. The first-order valence-corrected chi connectivity index (χ1v) is 6.91. The minimum absolute atomic E-state index is 0.00786. The minimum Gasteiger partial charge on any atom is -0.388 e. The van der Waals surface area contributed by atoms with Gasteiger partial charge in [-0.2, -0.15) is 0 Å². The fraction of sp³-hybridized carbons (Fsp3) is 0.250. The van der Waals surface area contributed by atoms with Gasteiger partial charge in [0, 0.05) is 12.5 Å². The van der Waals surface area contributed by atoms with Crippen molar-refractivity contribution in [2.75, 3.05) is 6.54 Å². The summed E-state index contributed by atoms with van der Waals surface area (Å²) in [6.45, 7) is 1.64. The van der Waals surface area contributed by atoms with Crippen molar-refractivity contribution in [1.82, 2.24) is 0 Å². The molecule has 2 atom stereocenters. The van der Waals surface area contributed by atoms with Crippen molar-refractivity contribution in [2.45, 2.75) is 18.9 Å². The molecule has 0 aromatic heterocycles. The number of aliphatic hydroxyl groups excluding tert-OH is 1. The van der Waals surface area contributed by atoms with E-state index in [4.69, 9.17) is 17.3 Å². The molecule has 2 aromatic rings. The second kappa shape index (κ2) is 6.52. The zero-order valence-electron chi connectivity index (χ0n) is 11.5. The normalized spacial score (nSPS) is 14.0. The summed E-state index contributed by atoms with van der Waals surface area (Å²) in [5, 5.41) is 10.4. The van der Waals surface area contributed by atoms with Crippen LogP contribution in [0.25, 0.3) is 0 Å². The Morgan fingerprint density at radius 1 is 1.24 bits per heavy atom. The van der Waals surface area contributed by atoms with Gasteiger partial charge in [0.05, 0.1) is 11.1 Å². The van der Waals surface area contributed by atoms with Gasteiger partial charge in [0.25, 0.3) is 0 Å². The van der Waals surface area contributed by atoms with E-state index in [9.17, 15) is 13.9 Å². The predicted molar refractivity (Wildman–Crippen MR) is 79.3 cm³/mol. The zero-order valence-corrected chi connectivity index (χ0v) is 12.2. The summed E-state index contributed by atoms with van der Waals surface area (Å²) in [5.74, 6) is -1.74. The van der Waals surface area contributed by atoms with Gasteiger partial charge < -0.3 is 10.8 Å². The third-order valence-corrected chi connectivity index (χ3v) is 3.85. The highest BCUT2D eigenvalue weighted by molar-refractivity contribution is 6.30. The Bertz CT molecular complexity index is 648. The maximum absolute atomic E-state index is 14.1. The van der Waals surface area contributed by atoms with E-state index in [1.165, 1.54) is 18.2 Å². The topological polar surface area (TPSA) is 46.2 Å². The van der Waals surface area contributed by atoms with Crippen LogP contribution in [-0.4, -0.2) is 11.7 Å². The molecule has 2 aromatic carbocycles. The molecule has 2 nitrogen and oxygen atoms in total. The highest BCUT2D eigenvalue weighted by Gasteiger charge is 2.25. The summed E-state index contributed by atoms with van der Waals surface area (Å²) in [5.41, 5.74) is 6.72. The molecule has 0 heterocycles. The molecule has 112 valence electrons. The van der Waals surface area contributed by atoms with Crippen molar-refractivity contribution in [1.29, 1.82) is 0 Å². The van der Waals surface area contributed by atoms with Gasteiger partial charge in [-0.1, -0.05) is 35.9 Å². The second-order valence-electron chi connectivity index (χ2n) is 4.94. The molecule has 0 aliphatic heterocycles. The van der Waals surface area contributed by atoms with E-state index in [0.29, 0.717) is 11.1 Å². The number of halogens is 3. The minimum atomic E-state index is -1.11. The van der Waals surface area contributed by atoms with Gasteiger partial charge in [0.2, 0.25) is 0 Å². The molecule has 0 amide bonds. The molecule has 21 heavy (non-hydrogen) atoms. The van der Waals surface area contributed by atoms with Gasteiger partial charge in [0.15, 0.2) is 0 Å². The Hall–Kier alpha value is -1.49. The molecule has 2 rings (SSSR count). The lowest BCUT2D eigenvalue weighted by atomic mass is 9.88. The van der Waals surface area contributed by atoms with Crippen molar-refractivity contribution in [3.63, 3.8) is 0 Å². The lowest BCUT2D eigenvalue weighted by Gasteiger charge is -2.23. The Labute approximate surface area is 127 Å². The summed E-state index contributed by atoms with van der Waals surface area (Å²) < 4.78 is 27.7. The Morgan fingerprint density at radius 3 is 2.57 bits per heavy atom. The first kappa shape index (κ1) is 15.9. The van der Waals surface area contributed by atoms with Crippen molar-refractivity contribution in [3.8, 4) is 0 Å². The SMILES string of the molecule is Cc1ccc(C(O)C(CN)c2cccc(Cl)c2F)cc1F. The highest BCUT2D eigenvalue weighted by atomic mass is 35.5. The summed E-state index contributed by atoms with van der Waals surface area (Å²) in [7, 11) is 0. The molecule has 0 fully saturated rings. The number of rotatable bonds is 4. The van der Waals surface area contributed by atoms with Crippen LogP contribution in [0.3, 0.4) is 0 Å². The molecular weight excluding hydrogens is 296 g/mol. The number of aliphatic hydroxyl groups is 1. The van der Waals surface area contributed by atoms with Gasteiger partial charge >= 0.3 is 0 Å². The third kappa shape index (κ3) is 3.23. The van der Waals surface area contributed by atoms with Gasteiger partial charge in [-0.25, -0.2) is 8.78 Å². The van der Waals surface area contributed by atoms with Crippen LogP contribution >= 0.6 is 11.6 Å². The largest absolute Gasteiger partial charge is 0.388 e. The van der Waals surface area contributed by atoms with Crippen LogP contribution in [0.4, 0.5) is 8.78 Å². The quantitative estimate of drug-likeness (QED) is 0.904. The lowest BCUT2D eigenvalue weighted by Crippen LogP contribution is -2.21. The summed E-state index contributed by atoms with van der Waals surface area (Å²) in [6, 6.07) is 8.94. The van der Waals surface area contributed by atoms with Crippen molar-refractivity contribution in [3.05, 3.63) is 69.7 Å². The molecule has 2 unspecified atom stereocenters. The van der Waals surface area contributed by atoms with Crippen LogP contribution in [-0.2, 0) is 0 Å². The van der Waals surface area contributed by atoms with Crippen LogP contribution in [0.5, 0.6) is 0 Å². The average molecular weight is 312 g/mol. The first-order valence-electron chi connectivity index (χ1n) is 6.53. The van der Waals surface area contributed by atoms with E-state index in [1.807, 2.05) is 0 Å². The monoisotopic (exact) mass is 311 g/mol. The molecule has 0 saturated carbocycles. The Morgan fingerprint density at radius 2 is 1.95 bits per heavy atom. The van der Waals surface area contributed by atoms with E-state index >= 15 is 0 Å². The fourth-order valence-corrected chi connectivity index (χ4v) is 2.44. The van der Waals surface area contributed by atoms with Crippen LogP contribution in [0.15, 0.2) is 36.4 Å². The standard InChI is InChI=1S/C16H16ClF2NO/c1-9-5-6-10(7-14(9)18)16(21)12(8-20)11-3-2-4-13(17)15(11)19/h2-7,12,16,21H,8,20H2,1H3. The van der Waals surface area contributed by atoms with Crippen molar-refractivity contribution in [2.24, 2.45) is 5.73 Å². The van der Waals surface area contributed by atoms with E-state index in [1.54, 1.807) is 25.1 Å². The summed E-state index contributed by atoms with van der Waals surface area (Å²) in [6.07, 6.45) is -1.11. The number of hydrogen-bond donors (Lipinski definition) is 2. The third-order valence-electron chi connectivity index (χ3n) is 3.55. The smallest absolute Gasteiger partial charge is 0.145 e. The molecule has 0 spiro atoms. The number of aryl methyl sites for hydroxylation is 1. The molecule has 0 bridgehead atoms. The van der Waals surface area contributed by atoms with E-state index in [2.05, 4.69) is 0 Å². The van der Waals surface area contributed by atoms with Crippen LogP contribution in [0, 0.1) is 18.6 Å². The summed E-state index contributed by atoms with van der Waals surface area (Å²) >= 11 is 5.75. The maximum Gasteiger partial charge on any atom is 0.145 e. The number of nitrogens with two attached hydrogens (primary N) is 1. The van der Waals surface area contributed by atoms with E-state index in [0.717, 1.165) is 0 Å². The van der Waals surface area contributed by atoms with Gasteiger partial charge in [0.1, 0.15) is 11.6 Å².